The van der Waals surface area contributed by atoms with Gasteiger partial charge < -0.3 is 14.6 Å². The van der Waals surface area contributed by atoms with E-state index in [9.17, 15) is 14.0 Å². The average molecular weight is 448 g/mol. The number of fused-ring (bicyclic) bond motifs is 4. The maximum atomic E-state index is 13.8. The molecule has 0 saturated heterocycles. The normalized spacial score (nSPS) is 16.9. The molecule has 1 aromatic carbocycles. The number of amides is 1. The second kappa shape index (κ2) is 7.83. The van der Waals surface area contributed by atoms with Gasteiger partial charge in [0.15, 0.2) is 0 Å². The van der Waals surface area contributed by atoms with Crippen LogP contribution in [-0.4, -0.2) is 39.4 Å². The third-order valence-corrected chi connectivity index (χ3v) is 6.67. The van der Waals surface area contributed by atoms with Crippen molar-refractivity contribution < 1.29 is 18.7 Å². The van der Waals surface area contributed by atoms with Crippen molar-refractivity contribution in [3.63, 3.8) is 0 Å². The summed E-state index contributed by atoms with van der Waals surface area (Å²) in [4.78, 5) is 36.2. The zero-order chi connectivity index (χ0) is 23.3. The fraction of sp³-hybridized carbons (Fsp3) is 0.346. The topological polar surface area (TPSA) is 75.3 Å². The quantitative estimate of drug-likeness (QED) is 0.581. The van der Waals surface area contributed by atoms with Crippen molar-refractivity contribution in [1.82, 2.24) is 14.9 Å². The highest BCUT2D eigenvalue weighted by Crippen LogP contribution is 2.51. The highest BCUT2D eigenvalue weighted by Gasteiger charge is 2.47. The molecule has 1 aliphatic carbocycles. The van der Waals surface area contributed by atoms with E-state index in [0.29, 0.717) is 34.6 Å². The van der Waals surface area contributed by atoms with Gasteiger partial charge in [0.1, 0.15) is 11.5 Å². The van der Waals surface area contributed by atoms with E-state index in [0.717, 1.165) is 30.2 Å². The first-order valence-electron chi connectivity index (χ1n) is 11.3. The van der Waals surface area contributed by atoms with E-state index in [-0.39, 0.29) is 23.2 Å². The van der Waals surface area contributed by atoms with Crippen molar-refractivity contribution in [2.45, 2.75) is 51.6 Å². The number of carbonyl (C=O) groups excluding carboxylic acids is 2. The molecule has 1 N–H and O–H groups in total. The Bertz CT molecular complexity index is 1300. The summed E-state index contributed by atoms with van der Waals surface area (Å²) < 4.78 is 19.4. The van der Waals surface area contributed by atoms with Crippen LogP contribution in [0.2, 0.25) is 0 Å². The Morgan fingerprint density at radius 1 is 1.24 bits per heavy atom. The zero-order valence-electron chi connectivity index (χ0n) is 18.9. The molecule has 0 atom stereocenters. The maximum absolute atomic E-state index is 13.8. The van der Waals surface area contributed by atoms with Crippen molar-refractivity contribution in [2.75, 3.05) is 6.54 Å². The molecule has 1 saturated carbocycles. The summed E-state index contributed by atoms with van der Waals surface area (Å²) >= 11 is 0. The molecule has 1 amide bonds. The van der Waals surface area contributed by atoms with Crippen LogP contribution in [-0.2, 0) is 14.9 Å². The second-order valence-electron chi connectivity index (χ2n) is 9.30. The predicted molar refractivity (Wildman–Crippen MR) is 123 cm³/mol. The molecule has 7 heteroatoms. The van der Waals surface area contributed by atoms with Crippen LogP contribution < -0.4 is 0 Å². The summed E-state index contributed by atoms with van der Waals surface area (Å²) in [5, 5.41) is 0.961. The molecule has 3 aromatic rings. The van der Waals surface area contributed by atoms with Gasteiger partial charge in [-0.15, -0.1) is 0 Å². The second-order valence-corrected chi connectivity index (χ2v) is 9.30. The van der Waals surface area contributed by atoms with Crippen LogP contribution in [0.5, 0.6) is 0 Å². The number of hydrogen-bond acceptors (Lipinski definition) is 4. The van der Waals surface area contributed by atoms with Crippen molar-refractivity contribution >= 4 is 28.5 Å². The number of H-pyrrole nitrogens is 1. The number of aromatic nitrogens is 2. The van der Waals surface area contributed by atoms with Crippen LogP contribution in [0.1, 0.15) is 60.3 Å². The van der Waals surface area contributed by atoms with Gasteiger partial charge in [0.05, 0.1) is 17.4 Å². The molecule has 2 aromatic heterocycles. The van der Waals surface area contributed by atoms with Crippen LogP contribution in [0.15, 0.2) is 42.7 Å². The Labute approximate surface area is 191 Å². The Balaban J connectivity index is 1.68. The lowest BCUT2D eigenvalue weighted by atomic mass is 9.63. The summed E-state index contributed by atoms with van der Waals surface area (Å²) in [5.74, 6) is -1.13. The highest BCUT2D eigenvalue weighted by molar-refractivity contribution is 6.18. The van der Waals surface area contributed by atoms with Crippen molar-refractivity contribution in [2.24, 2.45) is 0 Å². The van der Waals surface area contributed by atoms with Gasteiger partial charge in [-0.3, -0.25) is 4.79 Å². The molecule has 2 aliphatic rings. The minimum atomic E-state index is -0.498. The van der Waals surface area contributed by atoms with Gasteiger partial charge in [-0.25, -0.2) is 14.2 Å². The van der Waals surface area contributed by atoms with Gasteiger partial charge in [0, 0.05) is 35.3 Å². The fourth-order valence-electron chi connectivity index (χ4n) is 4.96. The third-order valence-electron chi connectivity index (χ3n) is 6.67. The van der Waals surface area contributed by atoms with Crippen molar-refractivity contribution in [3.05, 3.63) is 70.9 Å². The fourth-order valence-corrected chi connectivity index (χ4v) is 4.96. The van der Waals surface area contributed by atoms with Gasteiger partial charge in [0.25, 0.3) is 5.91 Å². The molecule has 0 radical (unpaired) electrons. The summed E-state index contributed by atoms with van der Waals surface area (Å²) in [7, 11) is 0. The molecule has 5 rings (SSSR count). The lowest BCUT2D eigenvalue weighted by molar-refractivity contribution is -0.140. The first-order chi connectivity index (χ1) is 15.8. The number of carbonyl (C=O) groups is 2. The number of rotatable bonds is 3. The average Bonchev–Trinajstić information content (AvgIpc) is 3.05. The molecule has 3 heterocycles. The van der Waals surface area contributed by atoms with Crippen LogP contribution in [0.4, 0.5) is 4.39 Å². The number of hydrogen-bond donors (Lipinski definition) is 1. The minimum absolute atomic E-state index is 0.271. The number of nitrogens with zero attached hydrogens (tertiary/aromatic N) is 2. The summed E-state index contributed by atoms with van der Waals surface area (Å²) in [6.07, 6.45) is 5.83. The van der Waals surface area contributed by atoms with Crippen LogP contribution in [0, 0.1) is 12.7 Å². The van der Waals surface area contributed by atoms with E-state index in [1.54, 1.807) is 44.1 Å². The molecule has 6 nitrogen and oxygen atoms in total. The third kappa shape index (κ3) is 3.52. The number of esters is 1. The molecule has 1 aliphatic heterocycles. The van der Waals surface area contributed by atoms with Crippen LogP contribution >= 0.6 is 0 Å². The van der Waals surface area contributed by atoms with Gasteiger partial charge in [-0.1, -0.05) is 6.42 Å². The van der Waals surface area contributed by atoms with Crippen LogP contribution in [0.25, 0.3) is 16.6 Å². The van der Waals surface area contributed by atoms with E-state index in [1.807, 2.05) is 12.1 Å². The molecule has 0 unspecified atom stereocenters. The molecule has 170 valence electrons. The predicted octanol–water partition coefficient (Wildman–Crippen LogP) is 4.88. The molecule has 0 bridgehead atoms. The monoisotopic (exact) mass is 447 g/mol. The molecular weight excluding hydrogens is 421 g/mol. The summed E-state index contributed by atoms with van der Waals surface area (Å²) in [6.45, 7) is 5.64. The van der Waals surface area contributed by atoms with Crippen molar-refractivity contribution in [3.8, 4) is 0 Å². The Kier molecular flexibility index (Phi) is 5.07. The Morgan fingerprint density at radius 3 is 2.70 bits per heavy atom. The lowest BCUT2D eigenvalue weighted by Gasteiger charge is -2.44. The largest absolute Gasteiger partial charge is 0.459 e. The maximum Gasteiger partial charge on any atom is 0.342 e. The smallest absolute Gasteiger partial charge is 0.342 e. The van der Waals surface area contributed by atoms with E-state index >= 15 is 0 Å². The molecular formula is C26H26FN3O3. The summed E-state index contributed by atoms with van der Waals surface area (Å²) in [6, 6.07) is 8.23. The first kappa shape index (κ1) is 21.4. The minimum Gasteiger partial charge on any atom is -0.459 e. The van der Waals surface area contributed by atoms with E-state index in [1.165, 1.54) is 12.1 Å². The van der Waals surface area contributed by atoms with E-state index in [4.69, 9.17) is 4.74 Å². The van der Waals surface area contributed by atoms with E-state index in [2.05, 4.69) is 9.97 Å². The SMILES string of the molecule is Cc1cc(C(=O)N2C=C(C(=O)OC(C)C)c3[nH]c4ncccc4c3C3(CCC3)C2)ccc1F. The molecule has 33 heavy (non-hydrogen) atoms. The number of aryl methyl sites for hydroxylation is 1. The number of pyridine rings is 1. The van der Waals surface area contributed by atoms with Gasteiger partial charge in [0.2, 0.25) is 0 Å². The number of halogens is 1. The first-order valence-corrected chi connectivity index (χ1v) is 11.3. The standard InChI is InChI=1S/C26H26FN3O3/c1-15(2)33-25(32)19-13-30(24(31)17-7-8-20(27)16(3)12-17)14-26(9-5-10-26)21-18-6-4-11-28-23(18)29-22(19)21/h4,6-8,11-13,15H,5,9-10,14H2,1-3H3,(H,28,29). The van der Waals surface area contributed by atoms with Gasteiger partial charge in [-0.2, -0.15) is 0 Å². The van der Waals surface area contributed by atoms with E-state index < -0.39 is 5.97 Å². The zero-order valence-corrected chi connectivity index (χ0v) is 18.9. The Hall–Kier alpha value is -3.48. The molecule has 1 spiro atoms. The number of nitrogens with one attached hydrogen (secondary N) is 1. The highest BCUT2D eigenvalue weighted by atomic mass is 19.1. The van der Waals surface area contributed by atoms with Crippen LogP contribution in [0.3, 0.4) is 0 Å². The van der Waals surface area contributed by atoms with Gasteiger partial charge in [-0.05, 0) is 75.1 Å². The molecule has 1 fully saturated rings. The van der Waals surface area contributed by atoms with Crippen molar-refractivity contribution in [1.29, 1.82) is 0 Å². The number of ether oxygens (including phenoxy) is 1. The summed E-state index contributed by atoms with van der Waals surface area (Å²) in [5.41, 5.74) is 3.19. The van der Waals surface area contributed by atoms with Gasteiger partial charge >= 0.3 is 5.97 Å². The number of benzene rings is 1. The number of aromatic amines is 1. The Morgan fingerprint density at radius 2 is 2.03 bits per heavy atom. The lowest BCUT2D eigenvalue weighted by Crippen LogP contribution is -2.45.